The van der Waals surface area contributed by atoms with Gasteiger partial charge in [0.2, 0.25) is 6.29 Å². The van der Waals surface area contributed by atoms with Crippen molar-refractivity contribution in [3.05, 3.63) is 28.8 Å². The maximum atomic E-state index is 15.3. The normalized spacial score (nSPS) is 38.1. The molecule has 26 nitrogen and oxygen atoms in total. The molecule has 0 spiro atoms. The Balaban J connectivity index is 1.06. The lowest BCUT2D eigenvalue weighted by Crippen LogP contribution is -2.59. The minimum absolute atomic E-state index is 0.00122. The second-order valence-corrected chi connectivity index (χ2v) is 23.6. The summed E-state index contributed by atoms with van der Waals surface area (Å²) in [5.41, 5.74) is -1.53. The Morgan fingerprint density at radius 1 is 0.729 bits per heavy atom. The quantitative estimate of drug-likeness (QED) is 0.0785. The number of phenols is 2. The van der Waals surface area contributed by atoms with Gasteiger partial charge in [-0.05, 0) is 91.3 Å². The number of phenolic OH excluding ortho intramolecular Hbond substituents is 2. The standard InChI is InChI=1S/C59H84O26/c1-13-40(63)74-27(6)51(67)54(70)56(72-12)35-16-32-15-33-17-36(81-43-21-39(55(28(7)77-43)79-30(9)60)84-41-18-34(62)14-23(2)73-41)24(3)48(64)46(33)52(68)47(32)53(69)57(35)85-44-20-37(49(65)26(5)76-44)82-42-19-38(50(66)25(4)75-42)83-45-22-59(11,71)58(29(8)78-45)80-31(10)61/h15,17,23,25-29,34-35,37-39,41-45,49-51,55-58,62,64-68,71H,13-14,16,18-22H2,1-12H3/t23?,25?,26?,27-,28?,29?,34+,35+,37-,38-,39-,41+,42+,43+,44+,45+,49-,50-,51+,55+,56+,57+,58+,59-/m1/s1. The lowest BCUT2D eigenvalue weighted by molar-refractivity contribution is -0.334. The van der Waals surface area contributed by atoms with Crippen LogP contribution in [0.4, 0.5) is 0 Å². The number of rotatable bonds is 19. The highest BCUT2D eigenvalue weighted by molar-refractivity contribution is 6.11. The third-order valence-corrected chi connectivity index (χ3v) is 16.8. The van der Waals surface area contributed by atoms with Crippen LogP contribution >= 0.6 is 0 Å². The first-order chi connectivity index (χ1) is 40.0. The molecule has 5 heterocycles. The average molecular weight is 1210 g/mol. The van der Waals surface area contributed by atoms with E-state index in [1.807, 2.05) is 0 Å². The molecule has 26 heteroatoms. The Kier molecular flexibility index (Phi) is 21.3. The summed E-state index contributed by atoms with van der Waals surface area (Å²) in [7, 11) is 1.18. The molecule has 0 aromatic heterocycles. The second-order valence-electron chi connectivity index (χ2n) is 23.6. The van der Waals surface area contributed by atoms with Crippen molar-refractivity contribution >= 4 is 40.2 Å². The van der Waals surface area contributed by atoms with Crippen LogP contribution in [0.1, 0.15) is 136 Å². The molecular weight excluding hydrogens is 1120 g/mol. The molecule has 5 saturated heterocycles. The first kappa shape index (κ1) is 66.2. The van der Waals surface area contributed by atoms with E-state index in [0.717, 1.165) is 0 Å². The smallest absolute Gasteiger partial charge is 0.305 e. The zero-order chi connectivity index (χ0) is 62.3. The van der Waals surface area contributed by atoms with E-state index in [4.69, 9.17) is 66.3 Å². The summed E-state index contributed by atoms with van der Waals surface area (Å²) >= 11 is 0. The van der Waals surface area contributed by atoms with Crippen molar-refractivity contribution in [3.63, 3.8) is 0 Å². The third-order valence-electron chi connectivity index (χ3n) is 16.8. The van der Waals surface area contributed by atoms with Crippen LogP contribution < -0.4 is 4.74 Å². The Bertz CT molecular complexity index is 2710. The van der Waals surface area contributed by atoms with Gasteiger partial charge in [0.25, 0.3) is 0 Å². The second kappa shape index (κ2) is 27.3. The maximum Gasteiger partial charge on any atom is 0.305 e. The zero-order valence-electron chi connectivity index (χ0n) is 50.0. The number of Topliss-reactive ketones (excluding diaryl/α,β-unsaturated/α-hetero) is 2. The number of benzene rings is 2. The van der Waals surface area contributed by atoms with E-state index in [1.165, 1.54) is 67.7 Å². The van der Waals surface area contributed by atoms with Gasteiger partial charge in [0, 0.05) is 71.0 Å². The zero-order valence-corrected chi connectivity index (χ0v) is 50.0. The molecule has 85 heavy (non-hydrogen) atoms. The fourth-order valence-electron chi connectivity index (χ4n) is 12.5. The van der Waals surface area contributed by atoms with E-state index >= 15 is 4.79 Å². The van der Waals surface area contributed by atoms with Gasteiger partial charge in [0.05, 0.1) is 59.8 Å². The fourth-order valence-corrected chi connectivity index (χ4v) is 12.5. The third kappa shape index (κ3) is 14.9. The largest absolute Gasteiger partial charge is 0.507 e. The molecule has 0 saturated carbocycles. The molecule has 2 aromatic rings. The molecule has 0 radical (unpaired) electrons. The number of fused-ring (bicyclic) bond motifs is 2. The summed E-state index contributed by atoms with van der Waals surface area (Å²) in [5, 5.41) is 80.1. The first-order valence-corrected chi connectivity index (χ1v) is 29.1. The number of hydrogen-bond donors (Lipinski definition) is 7. The monoisotopic (exact) mass is 1210 g/mol. The van der Waals surface area contributed by atoms with Crippen molar-refractivity contribution in [2.75, 3.05) is 7.11 Å². The van der Waals surface area contributed by atoms with E-state index in [-0.39, 0.29) is 84.3 Å². The van der Waals surface area contributed by atoms with Gasteiger partial charge >= 0.3 is 17.9 Å². The van der Waals surface area contributed by atoms with Crippen LogP contribution in [0.25, 0.3) is 10.8 Å². The van der Waals surface area contributed by atoms with Gasteiger partial charge in [-0.3, -0.25) is 24.0 Å². The van der Waals surface area contributed by atoms with Crippen LogP contribution in [-0.2, 0) is 87.2 Å². The summed E-state index contributed by atoms with van der Waals surface area (Å²) in [4.78, 5) is 66.0. The Morgan fingerprint density at radius 3 is 1.88 bits per heavy atom. The van der Waals surface area contributed by atoms with Crippen LogP contribution in [0, 0.1) is 12.8 Å². The van der Waals surface area contributed by atoms with Crippen molar-refractivity contribution in [3.8, 4) is 17.2 Å². The molecule has 476 valence electrons. The van der Waals surface area contributed by atoms with Gasteiger partial charge in [-0.25, -0.2) is 0 Å². The summed E-state index contributed by atoms with van der Waals surface area (Å²) in [6.07, 6.45) is -24.1. The van der Waals surface area contributed by atoms with Crippen molar-refractivity contribution in [2.45, 2.75) is 268 Å². The number of aromatic hydroxyl groups is 2. The van der Waals surface area contributed by atoms with Crippen molar-refractivity contribution in [1.29, 1.82) is 0 Å². The molecule has 24 atom stereocenters. The molecule has 8 rings (SSSR count). The van der Waals surface area contributed by atoms with Crippen molar-refractivity contribution in [1.82, 2.24) is 0 Å². The fraction of sp³-hybridized carbons (Fsp3) is 0.746. The van der Waals surface area contributed by atoms with Gasteiger partial charge in [-0.1, -0.05) is 6.92 Å². The molecule has 6 aliphatic rings. The number of ketones is 2. The molecule has 5 fully saturated rings. The molecule has 0 bridgehead atoms. The lowest BCUT2D eigenvalue weighted by Gasteiger charge is -2.46. The summed E-state index contributed by atoms with van der Waals surface area (Å²) < 4.78 is 84.3. The Labute approximate surface area is 492 Å². The van der Waals surface area contributed by atoms with Crippen molar-refractivity contribution < 1.29 is 126 Å². The van der Waals surface area contributed by atoms with Crippen LogP contribution in [-0.4, -0.2) is 213 Å². The number of ether oxygens (including phenoxy) is 14. The van der Waals surface area contributed by atoms with E-state index in [9.17, 15) is 54.9 Å². The van der Waals surface area contributed by atoms with Gasteiger partial charge in [0.15, 0.2) is 55.0 Å². The van der Waals surface area contributed by atoms with Gasteiger partial charge in [0.1, 0.15) is 59.5 Å². The first-order valence-electron chi connectivity index (χ1n) is 29.1. The molecule has 7 N–H and O–H groups in total. The summed E-state index contributed by atoms with van der Waals surface area (Å²) in [6, 6.07) is 3.05. The Hall–Kier alpha value is -4.75. The van der Waals surface area contributed by atoms with Crippen LogP contribution in [0.5, 0.6) is 17.2 Å². The summed E-state index contributed by atoms with van der Waals surface area (Å²) in [5.74, 6) is -6.03. The average Bonchev–Trinajstić information content (AvgIpc) is 3.51. The molecule has 5 unspecified atom stereocenters. The van der Waals surface area contributed by atoms with E-state index < -0.39 is 182 Å². The van der Waals surface area contributed by atoms with Crippen LogP contribution in [0.3, 0.4) is 0 Å². The van der Waals surface area contributed by atoms with E-state index in [1.54, 1.807) is 27.7 Å². The number of methoxy groups -OCH3 is 1. The van der Waals surface area contributed by atoms with Gasteiger partial charge in [-0.15, -0.1) is 0 Å². The highest BCUT2D eigenvalue weighted by atomic mass is 16.7. The van der Waals surface area contributed by atoms with E-state index in [0.29, 0.717) is 6.42 Å². The number of aliphatic hydroxyl groups excluding tert-OH is 4. The molecule has 2 aromatic carbocycles. The molecule has 0 amide bonds. The van der Waals surface area contributed by atoms with Gasteiger partial charge < -0.3 is 102 Å². The number of hydrogen-bond acceptors (Lipinski definition) is 26. The highest BCUT2D eigenvalue weighted by Gasteiger charge is 2.52. The number of carbonyl (C=O) groups is 5. The Morgan fingerprint density at radius 2 is 1.29 bits per heavy atom. The predicted molar refractivity (Wildman–Crippen MR) is 290 cm³/mol. The number of carbonyl (C=O) groups excluding carboxylic acids is 5. The minimum Gasteiger partial charge on any atom is -0.507 e. The van der Waals surface area contributed by atoms with E-state index in [2.05, 4.69) is 0 Å². The predicted octanol–water partition coefficient (Wildman–Crippen LogP) is 2.88. The topological polar surface area (TPSA) is 356 Å². The van der Waals surface area contributed by atoms with Crippen LogP contribution in [0.15, 0.2) is 12.1 Å². The molecule has 5 aliphatic heterocycles. The summed E-state index contributed by atoms with van der Waals surface area (Å²) in [6.45, 7) is 16.6. The van der Waals surface area contributed by atoms with Gasteiger partial charge in [-0.2, -0.15) is 0 Å². The van der Waals surface area contributed by atoms with Crippen LogP contribution in [0.2, 0.25) is 0 Å². The maximum absolute atomic E-state index is 15.3. The molecular formula is C59H84O26. The number of aliphatic hydroxyl groups is 5. The molecule has 1 aliphatic carbocycles. The minimum atomic E-state index is -1.95. The lowest BCUT2D eigenvalue weighted by atomic mass is 9.75. The SMILES string of the molecule is CCC(=O)O[C@H](C)[C@H](O)C(=O)[C@@H](OC)[C@@H]1Cc2cc3cc(O[C@H]4C[C@@H](O[C@H]5C[C@@H](O)CC(C)O5)[C@@H](OC(C)=O)C(C)O4)c(C)c(O)c3c(O)c2C(=O)[C@H]1O[C@H]1C[C@@H](O[C@H]2C[C@@H](O[C@H]3C[C@@](C)(O)[C@@H](OC(C)=O)C(C)O3)[C@H](O)C(C)O2)[C@H](O)C(C)O1. The number of esters is 3. The van der Waals surface area contributed by atoms with Crippen molar-refractivity contribution in [2.24, 2.45) is 5.92 Å². The highest BCUT2D eigenvalue weighted by Crippen LogP contribution is 2.48.